The van der Waals surface area contributed by atoms with E-state index in [1.807, 2.05) is 30.3 Å². The minimum Gasteiger partial charge on any atom is -0.339 e. The number of carbonyl (C=O) groups excluding carboxylic acids is 2. The van der Waals surface area contributed by atoms with Crippen LogP contribution in [0, 0.1) is 6.10 Å². The predicted molar refractivity (Wildman–Crippen MR) is 61.8 cm³/mol. The van der Waals surface area contributed by atoms with E-state index in [1.54, 1.807) is 0 Å². The van der Waals surface area contributed by atoms with Crippen LogP contribution in [0.1, 0.15) is 19.4 Å². The normalized spacial score (nSPS) is 14.3. The van der Waals surface area contributed by atoms with Gasteiger partial charge >= 0.3 is 0 Å². The van der Waals surface area contributed by atoms with Crippen LogP contribution in [0.5, 0.6) is 0 Å². The fourth-order valence-electron chi connectivity index (χ4n) is 1.23. The summed E-state index contributed by atoms with van der Waals surface area (Å²) in [5, 5.41) is 0. The average molecular weight is 235 g/mol. The van der Waals surface area contributed by atoms with Crippen molar-refractivity contribution < 1.29 is 19.1 Å². The fourth-order valence-corrected chi connectivity index (χ4v) is 1.23. The van der Waals surface area contributed by atoms with Crippen LogP contribution in [-0.4, -0.2) is 18.4 Å². The second-order valence-corrected chi connectivity index (χ2v) is 3.74. The van der Waals surface area contributed by atoms with Crippen LogP contribution in [0.2, 0.25) is 0 Å². The fraction of sp³-hybridized carbons (Fsp3) is 0.308. The summed E-state index contributed by atoms with van der Waals surface area (Å²) in [5.74, 6) is -1.43. The Morgan fingerprint density at radius 1 is 1.29 bits per heavy atom. The lowest BCUT2D eigenvalue weighted by Gasteiger charge is -2.25. The Labute approximate surface area is 101 Å². The SMILES string of the molecule is C[C](C=O)O[C@@](C)(C=O)OCc1ccccc1. The van der Waals surface area contributed by atoms with Crippen LogP contribution in [0.3, 0.4) is 0 Å². The van der Waals surface area contributed by atoms with E-state index >= 15 is 0 Å². The van der Waals surface area contributed by atoms with E-state index in [1.165, 1.54) is 13.8 Å². The topological polar surface area (TPSA) is 52.6 Å². The summed E-state index contributed by atoms with van der Waals surface area (Å²) >= 11 is 0. The van der Waals surface area contributed by atoms with Gasteiger partial charge in [-0.3, -0.25) is 4.79 Å². The van der Waals surface area contributed by atoms with Gasteiger partial charge in [0.25, 0.3) is 0 Å². The molecule has 0 bridgehead atoms. The maximum absolute atomic E-state index is 10.9. The number of carbonyl (C=O) groups is 2. The monoisotopic (exact) mass is 235 g/mol. The summed E-state index contributed by atoms with van der Waals surface area (Å²) in [7, 11) is 0. The molecular weight excluding hydrogens is 220 g/mol. The number of aldehydes is 2. The lowest BCUT2D eigenvalue weighted by molar-refractivity contribution is -0.209. The Morgan fingerprint density at radius 2 is 1.94 bits per heavy atom. The summed E-state index contributed by atoms with van der Waals surface area (Å²) < 4.78 is 10.5. The van der Waals surface area contributed by atoms with Gasteiger partial charge in [0.2, 0.25) is 5.79 Å². The Hall–Kier alpha value is -1.52. The van der Waals surface area contributed by atoms with Gasteiger partial charge in [0.15, 0.2) is 18.7 Å². The first kappa shape index (κ1) is 13.5. The molecule has 0 aliphatic carbocycles. The Balaban J connectivity index is 2.57. The summed E-state index contributed by atoms with van der Waals surface area (Å²) in [4.78, 5) is 21.4. The summed E-state index contributed by atoms with van der Waals surface area (Å²) in [6.45, 7) is 3.18. The molecule has 0 aliphatic heterocycles. The van der Waals surface area contributed by atoms with Crippen molar-refractivity contribution >= 4 is 12.6 Å². The van der Waals surface area contributed by atoms with E-state index in [0.717, 1.165) is 5.56 Å². The molecule has 1 radical (unpaired) electrons. The second-order valence-electron chi connectivity index (χ2n) is 3.74. The standard InChI is InChI=1S/C13H15O4/c1-11(8-14)17-13(2,10-15)16-9-12-6-4-3-5-7-12/h3-8,10H,9H2,1-2H3/t13-/m0/s1. The molecule has 0 unspecified atom stereocenters. The van der Waals surface area contributed by atoms with Gasteiger partial charge in [-0.1, -0.05) is 30.3 Å². The highest BCUT2D eigenvalue weighted by Crippen LogP contribution is 2.17. The average Bonchev–Trinajstić information content (AvgIpc) is 2.37. The van der Waals surface area contributed by atoms with Gasteiger partial charge in [-0.15, -0.1) is 0 Å². The van der Waals surface area contributed by atoms with E-state index in [2.05, 4.69) is 0 Å². The molecular formula is C13H15O4. The van der Waals surface area contributed by atoms with E-state index in [0.29, 0.717) is 12.6 Å². The molecule has 0 amide bonds. The van der Waals surface area contributed by atoms with Gasteiger partial charge in [-0.2, -0.15) is 0 Å². The summed E-state index contributed by atoms with van der Waals surface area (Å²) in [6.07, 6.45) is 1.17. The third kappa shape index (κ3) is 4.46. The van der Waals surface area contributed by atoms with Crippen molar-refractivity contribution in [3.8, 4) is 0 Å². The molecule has 0 spiro atoms. The molecule has 17 heavy (non-hydrogen) atoms. The molecule has 4 heteroatoms. The first-order valence-corrected chi connectivity index (χ1v) is 5.21. The molecule has 0 heterocycles. The van der Waals surface area contributed by atoms with Gasteiger partial charge in [0.1, 0.15) is 0 Å². The van der Waals surface area contributed by atoms with Crippen molar-refractivity contribution in [3.63, 3.8) is 0 Å². The molecule has 0 saturated carbocycles. The summed E-state index contributed by atoms with van der Waals surface area (Å²) in [5.41, 5.74) is 0.924. The molecule has 1 aromatic rings. The van der Waals surface area contributed by atoms with E-state index in [4.69, 9.17) is 9.47 Å². The third-order valence-electron chi connectivity index (χ3n) is 2.11. The Bertz CT molecular complexity index is 363. The van der Waals surface area contributed by atoms with Gasteiger partial charge in [0.05, 0.1) is 6.61 Å². The molecule has 1 atom stereocenters. The first-order valence-electron chi connectivity index (χ1n) is 5.21. The van der Waals surface area contributed by atoms with Crippen LogP contribution >= 0.6 is 0 Å². The van der Waals surface area contributed by atoms with Gasteiger partial charge in [0, 0.05) is 0 Å². The van der Waals surface area contributed by atoms with E-state index in [9.17, 15) is 9.59 Å². The molecule has 0 aromatic heterocycles. The quantitative estimate of drug-likeness (QED) is 0.535. The molecule has 1 rings (SSSR count). The molecule has 0 saturated heterocycles. The minimum atomic E-state index is -1.43. The van der Waals surface area contributed by atoms with Crippen molar-refractivity contribution in [1.29, 1.82) is 0 Å². The van der Waals surface area contributed by atoms with Crippen molar-refractivity contribution in [2.45, 2.75) is 26.2 Å². The zero-order chi connectivity index (χ0) is 12.7. The number of ether oxygens (including phenoxy) is 2. The second kappa shape index (κ2) is 6.27. The highest BCUT2D eigenvalue weighted by molar-refractivity contribution is 5.67. The minimum absolute atomic E-state index is 0.104. The number of hydrogen-bond donors (Lipinski definition) is 0. The zero-order valence-electron chi connectivity index (χ0n) is 9.88. The number of rotatable bonds is 7. The largest absolute Gasteiger partial charge is 0.339 e. The Morgan fingerprint density at radius 3 is 2.47 bits per heavy atom. The third-order valence-corrected chi connectivity index (χ3v) is 2.11. The highest BCUT2D eigenvalue weighted by atomic mass is 16.7. The zero-order valence-corrected chi connectivity index (χ0v) is 9.88. The number of hydrogen-bond acceptors (Lipinski definition) is 4. The lowest BCUT2D eigenvalue weighted by Crippen LogP contribution is -2.35. The Kier molecular flexibility index (Phi) is 5.00. The van der Waals surface area contributed by atoms with E-state index < -0.39 is 5.79 Å². The van der Waals surface area contributed by atoms with Crippen molar-refractivity contribution in [3.05, 3.63) is 42.0 Å². The predicted octanol–water partition coefficient (Wildman–Crippen LogP) is 1.89. The van der Waals surface area contributed by atoms with Crippen LogP contribution in [0.15, 0.2) is 30.3 Å². The highest BCUT2D eigenvalue weighted by Gasteiger charge is 2.28. The van der Waals surface area contributed by atoms with Gasteiger partial charge < -0.3 is 14.3 Å². The molecule has 1 aromatic carbocycles. The maximum atomic E-state index is 10.9. The van der Waals surface area contributed by atoms with Crippen molar-refractivity contribution in [2.75, 3.05) is 0 Å². The summed E-state index contributed by atoms with van der Waals surface area (Å²) in [6, 6.07) is 9.40. The smallest absolute Gasteiger partial charge is 0.224 e. The van der Waals surface area contributed by atoms with Crippen LogP contribution in [-0.2, 0) is 25.7 Å². The number of benzene rings is 1. The molecule has 4 nitrogen and oxygen atoms in total. The van der Waals surface area contributed by atoms with Crippen LogP contribution < -0.4 is 0 Å². The van der Waals surface area contributed by atoms with Gasteiger partial charge in [-0.05, 0) is 19.4 Å². The molecule has 0 N–H and O–H groups in total. The molecule has 91 valence electrons. The van der Waals surface area contributed by atoms with Gasteiger partial charge in [-0.25, -0.2) is 0 Å². The van der Waals surface area contributed by atoms with Crippen LogP contribution in [0.25, 0.3) is 0 Å². The van der Waals surface area contributed by atoms with Crippen molar-refractivity contribution in [2.24, 2.45) is 0 Å². The molecule has 0 fully saturated rings. The van der Waals surface area contributed by atoms with Crippen LogP contribution in [0.4, 0.5) is 0 Å². The van der Waals surface area contributed by atoms with Crippen molar-refractivity contribution in [1.82, 2.24) is 0 Å². The molecule has 0 aliphatic rings. The lowest BCUT2D eigenvalue weighted by atomic mass is 10.2. The maximum Gasteiger partial charge on any atom is 0.224 e. The van der Waals surface area contributed by atoms with E-state index in [-0.39, 0.29) is 12.7 Å². The first-order chi connectivity index (χ1) is 8.09.